The molecule has 1 atom stereocenters. The van der Waals surface area contributed by atoms with E-state index >= 15 is 0 Å². The first-order valence-corrected chi connectivity index (χ1v) is 7.48. The van der Waals surface area contributed by atoms with Crippen LogP contribution in [0.2, 0.25) is 0 Å². The number of ether oxygens (including phenoxy) is 1. The molecule has 1 aromatic heterocycles. The molecule has 1 unspecified atom stereocenters. The van der Waals surface area contributed by atoms with E-state index in [1.807, 2.05) is 30.3 Å². The summed E-state index contributed by atoms with van der Waals surface area (Å²) in [6, 6.07) is 12.8. The van der Waals surface area contributed by atoms with Gasteiger partial charge in [0.1, 0.15) is 11.6 Å². The number of para-hydroxylation sites is 1. The maximum absolute atomic E-state index is 11.7. The Morgan fingerprint density at radius 3 is 2.58 bits per heavy atom. The molecule has 0 aliphatic heterocycles. The molecular formula is C18H17N3O3. The lowest BCUT2D eigenvalue weighted by Crippen LogP contribution is -2.09. The summed E-state index contributed by atoms with van der Waals surface area (Å²) < 4.78 is 5.27. The van der Waals surface area contributed by atoms with E-state index in [4.69, 9.17) is 4.74 Å². The van der Waals surface area contributed by atoms with Crippen LogP contribution in [0.1, 0.15) is 25.5 Å². The standard InChI is InChI=1S/C18H17N3O3/c1-11(2)18(23)24-12(3)14-9-10-15-16(17(14)22)20-21(19-15)13-7-5-4-6-8-13/h4-10,12,22H,1H2,2-3H3. The van der Waals surface area contributed by atoms with Gasteiger partial charge in [0.15, 0.2) is 11.3 Å². The summed E-state index contributed by atoms with van der Waals surface area (Å²) in [5, 5.41) is 19.2. The number of esters is 1. The molecule has 0 aliphatic rings. The molecule has 0 spiro atoms. The van der Waals surface area contributed by atoms with Gasteiger partial charge in [0.05, 0.1) is 5.69 Å². The number of nitrogens with zero attached hydrogens (tertiary/aromatic N) is 3. The minimum absolute atomic E-state index is 0.0447. The second-order valence-electron chi connectivity index (χ2n) is 5.52. The topological polar surface area (TPSA) is 77.2 Å². The van der Waals surface area contributed by atoms with Crippen LogP contribution in [0.5, 0.6) is 5.75 Å². The molecule has 0 amide bonds. The first-order chi connectivity index (χ1) is 11.5. The zero-order valence-corrected chi connectivity index (χ0v) is 13.4. The van der Waals surface area contributed by atoms with Crippen LogP contribution in [-0.2, 0) is 9.53 Å². The van der Waals surface area contributed by atoms with Crippen molar-refractivity contribution in [2.24, 2.45) is 0 Å². The van der Waals surface area contributed by atoms with Crippen molar-refractivity contribution in [2.45, 2.75) is 20.0 Å². The van der Waals surface area contributed by atoms with Gasteiger partial charge in [-0.2, -0.15) is 4.80 Å². The molecule has 0 radical (unpaired) electrons. The lowest BCUT2D eigenvalue weighted by atomic mass is 10.1. The number of carbonyl (C=O) groups is 1. The van der Waals surface area contributed by atoms with Gasteiger partial charge in [-0.25, -0.2) is 4.79 Å². The summed E-state index contributed by atoms with van der Waals surface area (Å²) in [6.07, 6.45) is -0.625. The lowest BCUT2D eigenvalue weighted by molar-refractivity contribution is -0.143. The van der Waals surface area contributed by atoms with E-state index in [1.165, 1.54) is 4.80 Å². The smallest absolute Gasteiger partial charge is 0.333 e. The highest BCUT2D eigenvalue weighted by atomic mass is 16.5. The first-order valence-electron chi connectivity index (χ1n) is 7.48. The average molecular weight is 323 g/mol. The summed E-state index contributed by atoms with van der Waals surface area (Å²) in [4.78, 5) is 13.1. The van der Waals surface area contributed by atoms with Crippen LogP contribution in [-0.4, -0.2) is 26.1 Å². The van der Waals surface area contributed by atoms with Crippen LogP contribution < -0.4 is 0 Å². The summed E-state index contributed by atoms with van der Waals surface area (Å²) in [7, 11) is 0. The van der Waals surface area contributed by atoms with Crippen LogP contribution in [0.25, 0.3) is 16.7 Å². The van der Waals surface area contributed by atoms with Crippen LogP contribution >= 0.6 is 0 Å². The number of benzene rings is 2. The Bertz CT molecular complexity index is 916. The van der Waals surface area contributed by atoms with E-state index in [1.54, 1.807) is 26.0 Å². The van der Waals surface area contributed by atoms with E-state index in [-0.39, 0.29) is 5.75 Å². The number of aromatic nitrogens is 3. The number of aromatic hydroxyl groups is 1. The van der Waals surface area contributed by atoms with Crippen molar-refractivity contribution >= 4 is 17.0 Å². The van der Waals surface area contributed by atoms with Crippen molar-refractivity contribution in [3.63, 3.8) is 0 Å². The fourth-order valence-corrected chi connectivity index (χ4v) is 2.31. The van der Waals surface area contributed by atoms with E-state index < -0.39 is 12.1 Å². The van der Waals surface area contributed by atoms with E-state index in [9.17, 15) is 9.90 Å². The zero-order chi connectivity index (χ0) is 17.3. The molecule has 0 saturated heterocycles. The predicted octanol–water partition coefficient (Wildman–Crippen LogP) is 3.31. The molecule has 0 saturated carbocycles. The van der Waals surface area contributed by atoms with Crippen molar-refractivity contribution in [2.75, 3.05) is 0 Å². The van der Waals surface area contributed by atoms with Gasteiger partial charge in [0.25, 0.3) is 0 Å². The molecule has 1 heterocycles. The predicted molar refractivity (Wildman–Crippen MR) is 89.9 cm³/mol. The quantitative estimate of drug-likeness (QED) is 0.589. The van der Waals surface area contributed by atoms with E-state index in [0.717, 1.165) is 5.69 Å². The minimum atomic E-state index is -0.625. The maximum atomic E-state index is 11.7. The number of hydrogen-bond donors (Lipinski definition) is 1. The highest BCUT2D eigenvalue weighted by Crippen LogP contribution is 2.32. The largest absolute Gasteiger partial charge is 0.505 e. The third-order valence-corrected chi connectivity index (χ3v) is 3.62. The van der Waals surface area contributed by atoms with Crippen molar-refractivity contribution in [1.29, 1.82) is 0 Å². The Balaban J connectivity index is 1.99. The monoisotopic (exact) mass is 323 g/mol. The Morgan fingerprint density at radius 2 is 1.92 bits per heavy atom. The number of carbonyl (C=O) groups excluding carboxylic acids is 1. The van der Waals surface area contributed by atoms with Gasteiger partial charge in [-0.05, 0) is 38.1 Å². The zero-order valence-electron chi connectivity index (χ0n) is 13.4. The van der Waals surface area contributed by atoms with Crippen LogP contribution in [0.15, 0.2) is 54.6 Å². The minimum Gasteiger partial charge on any atom is -0.505 e. The van der Waals surface area contributed by atoms with Gasteiger partial charge in [0.2, 0.25) is 0 Å². The Hall–Kier alpha value is -3.15. The van der Waals surface area contributed by atoms with Gasteiger partial charge in [-0.15, -0.1) is 10.2 Å². The van der Waals surface area contributed by atoms with Crippen LogP contribution in [0.4, 0.5) is 0 Å². The summed E-state index contributed by atoms with van der Waals surface area (Å²) in [6.45, 7) is 6.81. The Morgan fingerprint density at radius 1 is 1.21 bits per heavy atom. The molecule has 0 aliphatic carbocycles. The lowest BCUT2D eigenvalue weighted by Gasteiger charge is -2.14. The molecule has 6 nitrogen and oxygen atoms in total. The van der Waals surface area contributed by atoms with Crippen LogP contribution in [0.3, 0.4) is 0 Å². The number of phenolic OH excluding ortho intramolecular Hbond substituents is 1. The first kappa shape index (κ1) is 15.7. The number of hydrogen-bond acceptors (Lipinski definition) is 5. The highest BCUT2D eigenvalue weighted by molar-refractivity contribution is 5.87. The van der Waals surface area contributed by atoms with Gasteiger partial charge < -0.3 is 9.84 Å². The van der Waals surface area contributed by atoms with Gasteiger partial charge in [0, 0.05) is 11.1 Å². The van der Waals surface area contributed by atoms with Crippen molar-refractivity contribution < 1.29 is 14.6 Å². The Labute approximate surface area is 139 Å². The molecule has 2 aromatic carbocycles. The molecule has 3 aromatic rings. The maximum Gasteiger partial charge on any atom is 0.333 e. The van der Waals surface area contributed by atoms with Gasteiger partial charge in [-0.1, -0.05) is 24.8 Å². The molecule has 122 valence electrons. The molecule has 6 heteroatoms. The van der Waals surface area contributed by atoms with Crippen molar-refractivity contribution in [3.8, 4) is 11.4 Å². The fourth-order valence-electron chi connectivity index (χ4n) is 2.31. The van der Waals surface area contributed by atoms with Crippen molar-refractivity contribution in [3.05, 3.63) is 60.2 Å². The normalized spacial score (nSPS) is 12.1. The molecule has 0 fully saturated rings. The van der Waals surface area contributed by atoms with E-state index in [2.05, 4.69) is 16.8 Å². The summed E-state index contributed by atoms with van der Waals surface area (Å²) in [5.41, 5.74) is 2.47. The molecule has 24 heavy (non-hydrogen) atoms. The Kier molecular flexibility index (Phi) is 4.04. The van der Waals surface area contributed by atoms with Crippen LogP contribution in [0, 0.1) is 0 Å². The van der Waals surface area contributed by atoms with Crippen molar-refractivity contribution in [1.82, 2.24) is 15.0 Å². The number of rotatable bonds is 4. The number of fused-ring (bicyclic) bond motifs is 1. The molecular weight excluding hydrogens is 306 g/mol. The van der Waals surface area contributed by atoms with Gasteiger partial charge >= 0.3 is 5.97 Å². The summed E-state index contributed by atoms with van der Waals surface area (Å²) >= 11 is 0. The van der Waals surface area contributed by atoms with Gasteiger partial charge in [-0.3, -0.25) is 0 Å². The fraction of sp³-hybridized carbons (Fsp3) is 0.167. The van der Waals surface area contributed by atoms with E-state index in [0.29, 0.717) is 22.2 Å². The molecule has 0 bridgehead atoms. The third kappa shape index (κ3) is 2.86. The third-order valence-electron chi connectivity index (χ3n) is 3.62. The average Bonchev–Trinajstić information content (AvgIpc) is 3.01. The second kappa shape index (κ2) is 6.16. The second-order valence-corrected chi connectivity index (χ2v) is 5.52. The molecule has 1 N–H and O–H groups in total. The molecule has 3 rings (SSSR count). The highest BCUT2D eigenvalue weighted by Gasteiger charge is 2.19. The summed E-state index contributed by atoms with van der Waals surface area (Å²) in [5.74, 6) is -0.549. The number of phenols is 1. The SMILES string of the molecule is C=C(C)C(=O)OC(C)c1ccc2nn(-c3ccccc3)nc2c1O.